The summed E-state index contributed by atoms with van der Waals surface area (Å²) in [5, 5.41) is 0. The van der Waals surface area contributed by atoms with E-state index < -0.39 is 0 Å². The molecule has 0 N–H and O–H groups in total. The van der Waals surface area contributed by atoms with Crippen molar-refractivity contribution >= 4 is 5.91 Å². The summed E-state index contributed by atoms with van der Waals surface area (Å²) in [5.74, 6) is 1.57. The summed E-state index contributed by atoms with van der Waals surface area (Å²) in [6.45, 7) is 11.7. The molecule has 2 saturated heterocycles. The van der Waals surface area contributed by atoms with Gasteiger partial charge >= 0.3 is 0 Å². The maximum atomic E-state index is 12.5. The van der Waals surface area contributed by atoms with Gasteiger partial charge in [0.05, 0.1) is 19.3 Å². The molecule has 104 valence electrons. The molecule has 2 fully saturated rings. The smallest absolute Gasteiger partial charge is 0.239 e. The minimum Gasteiger partial charge on any atom is -0.379 e. The van der Waals surface area contributed by atoms with E-state index in [9.17, 15) is 4.79 Å². The Morgan fingerprint density at radius 3 is 2.28 bits per heavy atom. The number of hydrogen-bond acceptors (Lipinski definition) is 3. The zero-order valence-corrected chi connectivity index (χ0v) is 11.9. The Kier molecular flexibility index (Phi) is 4.62. The van der Waals surface area contributed by atoms with Crippen molar-refractivity contribution in [1.82, 2.24) is 9.80 Å². The van der Waals surface area contributed by atoms with Crippen LogP contribution in [0.15, 0.2) is 0 Å². The Morgan fingerprint density at radius 2 is 1.72 bits per heavy atom. The molecule has 4 heteroatoms. The lowest BCUT2D eigenvalue weighted by atomic mass is 9.91. The van der Waals surface area contributed by atoms with Crippen molar-refractivity contribution in [3.63, 3.8) is 0 Å². The Bertz CT molecular complexity index is 280. The fourth-order valence-corrected chi connectivity index (χ4v) is 3.23. The van der Waals surface area contributed by atoms with Crippen LogP contribution in [0.4, 0.5) is 0 Å². The molecular weight excluding hydrogens is 228 g/mol. The van der Waals surface area contributed by atoms with Crippen LogP contribution in [-0.2, 0) is 9.53 Å². The standard InChI is InChI=1S/C14H26N2O2/c1-11-8-12(2)10-16(9-11)14(17)13(3)15-4-6-18-7-5-15/h11-13H,4-10H2,1-3H3. The average molecular weight is 254 g/mol. The highest BCUT2D eigenvalue weighted by Gasteiger charge is 2.31. The summed E-state index contributed by atoms with van der Waals surface area (Å²) >= 11 is 0. The molecule has 3 unspecified atom stereocenters. The van der Waals surface area contributed by atoms with Crippen molar-refractivity contribution < 1.29 is 9.53 Å². The number of nitrogens with zero attached hydrogens (tertiary/aromatic N) is 2. The van der Waals surface area contributed by atoms with E-state index in [0.29, 0.717) is 17.7 Å². The van der Waals surface area contributed by atoms with Crippen LogP contribution in [0, 0.1) is 11.8 Å². The number of amides is 1. The lowest BCUT2D eigenvalue weighted by molar-refractivity contribution is -0.140. The topological polar surface area (TPSA) is 32.8 Å². The summed E-state index contributed by atoms with van der Waals surface area (Å²) in [5.41, 5.74) is 0. The van der Waals surface area contributed by atoms with Gasteiger partial charge in [0.2, 0.25) is 5.91 Å². The van der Waals surface area contributed by atoms with Crippen LogP contribution in [0.2, 0.25) is 0 Å². The van der Waals surface area contributed by atoms with Gasteiger partial charge in [-0.2, -0.15) is 0 Å². The maximum Gasteiger partial charge on any atom is 0.239 e. The van der Waals surface area contributed by atoms with Gasteiger partial charge < -0.3 is 9.64 Å². The lowest BCUT2D eigenvalue weighted by Gasteiger charge is -2.39. The van der Waals surface area contributed by atoms with Crippen LogP contribution in [-0.4, -0.2) is 61.1 Å². The average Bonchev–Trinajstić information content (AvgIpc) is 2.37. The number of morpholine rings is 1. The van der Waals surface area contributed by atoms with E-state index in [2.05, 4.69) is 23.6 Å². The van der Waals surface area contributed by atoms with Gasteiger partial charge in [-0.3, -0.25) is 9.69 Å². The third-order valence-corrected chi connectivity index (χ3v) is 4.13. The van der Waals surface area contributed by atoms with E-state index in [0.717, 1.165) is 39.4 Å². The van der Waals surface area contributed by atoms with E-state index in [1.807, 2.05) is 6.92 Å². The number of likely N-dealkylation sites (tertiary alicyclic amines) is 1. The van der Waals surface area contributed by atoms with Gasteiger partial charge in [0.15, 0.2) is 0 Å². The van der Waals surface area contributed by atoms with Crippen LogP contribution >= 0.6 is 0 Å². The molecule has 0 saturated carbocycles. The Morgan fingerprint density at radius 1 is 1.17 bits per heavy atom. The van der Waals surface area contributed by atoms with Crippen molar-refractivity contribution in [1.29, 1.82) is 0 Å². The summed E-state index contributed by atoms with van der Waals surface area (Å²) < 4.78 is 5.34. The van der Waals surface area contributed by atoms with Gasteiger partial charge in [-0.05, 0) is 25.2 Å². The molecule has 2 aliphatic heterocycles. The largest absolute Gasteiger partial charge is 0.379 e. The molecule has 2 heterocycles. The molecule has 0 aliphatic carbocycles. The molecule has 4 nitrogen and oxygen atoms in total. The highest BCUT2D eigenvalue weighted by atomic mass is 16.5. The first kappa shape index (κ1) is 13.8. The first-order valence-corrected chi connectivity index (χ1v) is 7.18. The predicted molar refractivity (Wildman–Crippen MR) is 71.4 cm³/mol. The lowest BCUT2D eigenvalue weighted by Crippen LogP contribution is -2.53. The van der Waals surface area contributed by atoms with Crippen LogP contribution in [0.25, 0.3) is 0 Å². The summed E-state index contributed by atoms with van der Waals surface area (Å²) in [6, 6.07) is 0.00593. The summed E-state index contributed by atoms with van der Waals surface area (Å²) in [4.78, 5) is 16.8. The predicted octanol–water partition coefficient (Wildman–Crippen LogP) is 1.21. The zero-order chi connectivity index (χ0) is 13.1. The summed E-state index contributed by atoms with van der Waals surface area (Å²) in [7, 11) is 0. The normalized spacial score (nSPS) is 32.3. The monoisotopic (exact) mass is 254 g/mol. The van der Waals surface area contributed by atoms with Gasteiger partial charge in [-0.1, -0.05) is 13.8 Å². The second kappa shape index (κ2) is 6.02. The van der Waals surface area contributed by atoms with E-state index in [4.69, 9.17) is 4.74 Å². The molecule has 0 aromatic heterocycles. The zero-order valence-electron chi connectivity index (χ0n) is 11.9. The fraction of sp³-hybridized carbons (Fsp3) is 0.929. The van der Waals surface area contributed by atoms with Crippen molar-refractivity contribution in [2.24, 2.45) is 11.8 Å². The molecule has 0 radical (unpaired) electrons. The Labute approximate surface area is 110 Å². The number of hydrogen-bond donors (Lipinski definition) is 0. The molecule has 0 spiro atoms. The number of ether oxygens (including phenoxy) is 1. The van der Waals surface area contributed by atoms with Gasteiger partial charge in [0, 0.05) is 26.2 Å². The van der Waals surface area contributed by atoms with Crippen molar-refractivity contribution in [2.45, 2.75) is 33.2 Å². The molecule has 0 aromatic carbocycles. The maximum absolute atomic E-state index is 12.5. The van der Waals surface area contributed by atoms with E-state index in [1.54, 1.807) is 0 Å². The minimum atomic E-state index is 0.00593. The van der Waals surface area contributed by atoms with Crippen LogP contribution in [0.1, 0.15) is 27.2 Å². The SMILES string of the molecule is CC1CC(C)CN(C(=O)C(C)N2CCOCC2)C1. The molecule has 0 bridgehead atoms. The van der Waals surface area contributed by atoms with Gasteiger partial charge in [0.25, 0.3) is 0 Å². The number of rotatable bonds is 2. The second-order valence-corrected chi connectivity index (χ2v) is 6.01. The van der Waals surface area contributed by atoms with Gasteiger partial charge in [0.1, 0.15) is 0 Å². The second-order valence-electron chi connectivity index (χ2n) is 6.01. The molecule has 2 aliphatic rings. The Balaban J connectivity index is 1.92. The number of carbonyl (C=O) groups is 1. The highest BCUT2D eigenvalue weighted by molar-refractivity contribution is 5.81. The van der Waals surface area contributed by atoms with Crippen molar-refractivity contribution in [2.75, 3.05) is 39.4 Å². The third-order valence-electron chi connectivity index (χ3n) is 4.13. The van der Waals surface area contributed by atoms with E-state index in [-0.39, 0.29) is 6.04 Å². The molecule has 2 rings (SSSR count). The fourth-order valence-electron chi connectivity index (χ4n) is 3.23. The third kappa shape index (κ3) is 3.23. The molecule has 18 heavy (non-hydrogen) atoms. The molecule has 0 aromatic rings. The van der Waals surface area contributed by atoms with Crippen LogP contribution in [0.3, 0.4) is 0 Å². The van der Waals surface area contributed by atoms with Crippen molar-refractivity contribution in [3.8, 4) is 0 Å². The first-order valence-electron chi connectivity index (χ1n) is 7.18. The highest BCUT2D eigenvalue weighted by Crippen LogP contribution is 2.22. The first-order chi connectivity index (χ1) is 8.58. The minimum absolute atomic E-state index is 0.00593. The van der Waals surface area contributed by atoms with E-state index >= 15 is 0 Å². The van der Waals surface area contributed by atoms with Gasteiger partial charge in [-0.15, -0.1) is 0 Å². The summed E-state index contributed by atoms with van der Waals surface area (Å²) in [6.07, 6.45) is 1.25. The van der Waals surface area contributed by atoms with E-state index in [1.165, 1.54) is 6.42 Å². The molecule has 3 atom stereocenters. The van der Waals surface area contributed by atoms with Crippen LogP contribution < -0.4 is 0 Å². The van der Waals surface area contributed by atoms with Crippen molar-refractivity contribution in [3.05, 3.63) is 0 Å². The quantitative estimate of drug-likeness (QED) is 0.742. The Hall–Kier alpha value is -0.610. The number of piperidine rings is 1. The molecular formula is C14H26N2O2. The van der Waals surface area contributed by atoms with Crippen LogP contribution in [0.5, 0.6) is 0 Å². The van der Waals surface area contributed by atoms with Gasteiger partial charge in [-0.25, -0.2) is 0 Å². The molecule has 1 amide bonds. The number of carbonyl (C=O) groups excluding carboxylic acids is 1.